The number of thiocarbonyl (C=S) groups is 1. The van der Waals surface area contributed by atoms with Crippen LogP contribution in [0.25, 0.3) is 0 Å². The smallest absolute Gasteiger partial charge is 1.00 e. The standard InChI is InChI=1S/C4H5O4S.Au.2Na.H2O/c5-2(4(8)9)1-3(6)7;;;;/h5H,1H2,(H,6,7)(H,8,9);;;;1H2/q;;2*+1;/p-2. The first-order valence-electron chi connectivity index (χ1n) is 2.15. The number of carboxylic acid groups (broad SMARTS) is 1. The molecule has 5 nitrogen and oxygen atoms in total. The van der Waals surface area contributed by atoms with E-state index in [0.717, 1.165) is 0 Å². The normalized spacial score (nSPS) is 12.2. The molecule has 0 rings (SSSR count). The third-order valence-electron chi connectivity index (χ3n) is 0.662. The van der Waals surface area contributed by atoms with Crippen LogP contribution in [-0.2, 0) is 25.9 Å². The minimum absolute atomic E-state index is 0. The molecular formula is C4H5AuNa2O5S. The summed E-state index contributed by atoms with van der Waals surface area (Å²) in [5.74, 6) is -1.51. The molecule has 0 bridgehead atoms. The van der Waals surface area contributed by atoms with Crippen molar-refractivity contribution in [1.82, 2.24) is 0 Å². The van der Waals surface area contributed by atoms with Gasteiger partial charge in [0.05, 0.1) is 0 Å². The second kappa shape index (κ2) is 10.5. The van der Waals surface area contributed by atoms with Gasteiger partial charge in [0.2, 0.25) is 0 Å². The molecule has 0 amide bonds. The van der Waals surface area contributed by atoms with Crippen LogP contribution in [0.3, 0.4) is 0 Å². The first-order chi connectivity index (χ1) is 4.36. The van der Waals surface area contributed by atoms with E-state index in [9.17, 15) is 15.0 Å². The van der Waals surface area contributed by atoms with E-state index in [2.05, 4.69) is 12.2 Å². The molecule has 0 saturated heterocycles. The number of carbonyl (C=O) groups is 1. The van der Waals surface area contributed by atoms with Crippen molar-refractivity contribution in [3.05, 3.63) is 0 Å². The van der Waals surface area contributed by atoms with E-state index in [-0.39, 0.29) is 64.6 Å². The van der Waals surface area contributed by atoms with E-state index in [1.807, 2.05) is 0 Å². The zero-order chi connectivity index (χ0) is 8.36. The number of aliphatic hydroxyl groups is 1. The molecule has 1 atom stereocenters. The van der Waals surface area contributed by atoms with Gasteiger partial charge >= 0.3 is 134 Å². The zero-order valence-corrected chi connectivity index (χ0v) is 14.1. The van der Waals surface area contributed by atoms with Gasteiger partial charge in [-0.3, -0.25) is 0 Å². The van der Waals surface area contributed by atoms with Crippen LogP contribution in [0.5, 0.6) is 0 Å². The minimum atomic E-state index is -2.02. The van der Waals surface area contributed by atoms with Gasteiger partial charge < -0.3 is 5.48 Å². The van der Waals surface area contributed by atoms with Crippen LogP contribution in [0.2, 0.25) is 0 Å². The van der Waals surface area contributed by atoms with E-state index < -0.39 is 21.3 Å². The summed E-state index contributed by atoms with van der Waals surface area (Å²) >= 11 is 5.49. The molecule has 1 unspecified atom stereocenters. The fourth-order valence-electron chi connectivity index (χ4n) is 0.252. The van der Waals surface area contributed by atoms with Crippen molar-refractivity contribution in [2.24, 2.45) is 0 Å². The maximum atomic E-state index is 10.3. The maximum Gasteiger partial charge on any atom is 1.00 e. The van der Waals surface area contributed by atoms with Gasteiger partial charge in [-0.1, -0.05) is 0 Å². The average molecular weight is 408 g/mol. The van der Waals surface area contributed by atoms with Gasteiger partial charge in [-0.2, -0.15) is 0 Å². The van der Waals surface area contributed by atoms with Crippen molar-refractivity contribution in [3.8, 4) is 0 Å². The van der Waals surface area contributed by atoms with Crippen LogP contribution in [0.15, 0.2) is 0 Å². The fourth-order valence-corrected chi connectivity index (χ4v) is 0.637. The maximum absolute atomic E-state index is 10.3. The molecule has 0 aliphatic heterocycles. The molecule has 70 valence electrons. The fraction of sp³-hybridized carbons (Fsp3) is 0.500. The van der Waals surface area contributed by atoms with Crippen molar-refractivity contribution in [2.75, 3.05) is 0 Å². The molecule has 13 heavy (non-hydrogen) atoms. The topological polar surface area (TPSA) is 115 Å². The van der Waals surface area contributed by atoms with Crippen molar-refractivity contribution in [1.29, 1.82) is 0 Å². The van der Waals surface area contributed by atoms with Crippen molar-refractivity contribution >= 4 is 23.2 Å². The second-order valence-electron chi connectivity index (χ2n) is 1.53. The Balaban J connectivity index is -0.000000135. The van der Waals surface area contributed by atoms with Crippen LogP contribution in [-0.4, -0.2) is 25.4 Å². The molecule has 9 heteroatoms. The molecule has 0 aliphatic carbocycles. The van der Waals surface area contributed by atoms with Gasteiger partial charge in [-0.15, -0.1) is 0 Å². The summed E-state index contributed by atoms with van der Waals surface area (Å²) in [4.78, 5) is 9.84. The summed E-state index contributed by atoms with van der Waals surface area (Å²) < 4.78 is -2.02. The molecule has 3 N–H and O–H groups in total. The molecule has 0 spiro atoms. The van der Waals surface area contributed by atoms with Crippen LogP contribution < -0.4 is 69.3 Å². The number of hydrogen-bond acceptors (Lipinski definition) is 5. The SMILES string of the molecule is O.O=C([O-])C[C](O)([Au])C([O-])=S.[Na+].[Na+]. The Morgan fingerprint density at radius 1 is 1.46 bits per heavy atom. The summed E-state index contributed by atoms with van der Waals surface area (Å²) in [6.45, 7) is 0. The summed E-state index contributed by atoms with van der Waals surface area (Å²) in [5, 5.41) is 28.0. The first-order valence-corrected chi connectivity index (χ1v) is 3.64. The number of carbonyl (C=O) groups excluding carboxylic acids is 1. The Kier molecular flexibility index (Phi) is 19.7. The molecule has 0 radical (unpaired) electrons. The molecule has 0 aromatic carbocycles. The average Bonchev–Trinajstić information content (AvgIpc) is 1.60. The number of rotatable bonds is 3. The zero-order valence-electron chi connectivity index (χ0n) is 7.09. The molecule has 0 aromatic rings. The Morgan fingerprint density at radius 3 is 1.85 bits per heavy atom. The first kappa shape index (κ1) is 24.3. The van der Waals surface area contributed by atoms with E-state index in [1.54, 1.807) is 0 Å². The van der Waals surface area contributed by atoms with Gasteiger partial charge in [-0.25, -0.2) is 0 Å². The van der Waals surface area contributed by atoms with Crippen molar-refractivity contribution < 1.29 is 106 Å². The third-order valence-corrected chi connectivity index (χ3v) is 2.23. The van der Waals surface area contributed by atoms with E-state index in [4.69, 9.17) is 5.11 Å². The predicted molar refractivity (Wildman–Crippen MR) is 30.8 cm³/mol. The van der Waals surface area contributed by atoms with Gasteiger partial charge in [-0.05, 0) is 0 Å². The molecule has 0 fully saturated rings. The van der Waals surface area contributed by atoms with Crippen molar-refractivity contribution in [3.63, 3.8) is 0 Å². The monoisotopic (exact) mass is 408 g/mol. The van der Waals surface area contributed by atoms with Gasteiger partial charge in [0, 0.05) is 0 Å². The van der Waals surface area contributed by atoms with Crippen molar-refractivity contribution in [2.45, 2.75) is 10.2 Å². The Hall–Kier alpha value is 2.02. The van der Waals surface area contributed by atoms with E-state index in [1.165, 1.54) is 21.1 Å². The third kappa shape index (κ3) is 11.9. The molecule has 0 aliphatic rings. The van der Waals surface area contributed by atoms with Crippen LogP contribution in [0.1, 0.15) is 6.42 Å². The van der Waals surface area contributed by atoms with Crippen LogP contribution in [0.4, 0.5) is 0 Å². The quantitative estimate of drug-likeness (QED) is 0.368. The molecule has 0 aromatic heterocycles. The largest absolute Gasteiger partial charge is 1.00 e. The number of aliphatic carboxylic acids is 1. The Bertz CT molecular complexity index is 176. The molecule has 0 heterocycles. The second-order valence-corrected chi connectivity index (χ2v) is 3.70. The van der Waals surface area contributed by atoms with E-state index in [0.29, 0.717) is 0 Å². The summed E-state index contributed by atoms with van der Waals surface area (Å²) in [5.41, 5.74) is 0. The van der Waals surface area contributed by atoms with Gasteiger partial charge in [0.1, 0.15) is 0 Å². The van der Waals surface area contributed by atoms with Gasteiger partial charge in [0.15, 0.2) is 0 Å². The number of hydrogen-bond donors (Lipinski definition) is 1. The van der Waals surface area contributed by atoms with Gasteiger partial charge in [0.25, 0.3) is 0 Å². The van der Waals surface area contributed by atoms with Crippen LogP contribution in [0, 0.1) is 0 Å². The Labute approximate surface area is 137 Å². The molecular weight excluding hydrogens is 403 g/mol. The number of carboxylic acids is 1. The Morgan fingerprint density at radius 2 is 1.77 bits per heavy atom. The summed E-state index contributed by atoms with van der Waals surface area (Å²) in [6, 6.07) is 0. The van der Waals surface area contributed by atoms with Crippen LogP contribution >= 0.6 is 12.2 Å². The minimum Gasteiger partial charge on any atom is 1.00 e. The summed E-state index contributed by atoms with van der Waals surface area (Å²) in [7, 11) is 0. The van der Waals surface area contributed by atoms with E-state index >= 15 is 0 Å². The summed E-state index contributed by atoms with van der Waals surface area (Å²) in [6.07, 6.45) is -0.779. The predicted octanol–water partition coefficient (Wildman–Crippen LogP) is -9.77. The molecule has 0 saturated carbocycles.